The van der Waals surface area contributed by atoms with E-state index >= 15 is 0 Å². The van der Waals surface area contributed by atoms with Crippen molar-refractivity contribution in [3.8, 4) is 5.75 Å². The lowest BCUT2D eigenvalue weighted by Gasteiger charge is -2.14. The van der Waals surface area contributed by atoms with Crippen molar-refractivity contribution in [1.29, 1.82) is 0 Å². The molecular weight excluding hydrogens is 218 g/mol. The average molecular weight is 237 g/mol. The van der Waals surface area contributed by atoms with Crippen molar-refractivity contribution in [2.75, 3.05) is 25.1 Å². The standard InChI is InChI=1S/C13H19NO3/c1-10(2)9-17-13-6-4-3-5-12(13)14-7-11(16)8-15/h3-6,11,14-16H,1,7-9H2,2H3. The molecule has 0 spiro atoms. The Morgan fingerprint density at radius 3 is 2.82 bits per heavy atom. The van der Waals surface area contributed by atoms with E-state index in [1.807, 2.05) is 31.2 Å². The Hall–Kier alpha value is -1.52. The molecule has 0 heterocycles. The quantitative estimate of drug-likeness (QED) is 0.627. The maximum absolute atomic E-state index is 9.26. The topological polar surface area (TPSA) is 61.7 Å². The number of hydrogen-bond acceptors (Lipinski definition) is 4. The summed E-state index contributed by atoms with van der Waals surface area (Å²) in [5.41, 5.74) is 1.73. The van der Waals surface area contributed by atoms with Crippen LogP contribution in [0.1, 0.15) is 6.92 Å². The van der Waals surface area contributed by atoms with E-state index in [4.69, 9.17) is 9.84 Å². The van der Waals surface area contributed by atoms with Gasteiger partial charge in [0.05, 0.1) is 18.4 Å². The molecule has 1 unspecified atom stereocenters. The van der Waals surface area contributed by atoms with Gasteiger partial charge in [0.25, 0.3) is 0 Å². The summed E-state index contributed by atoms with van der Waals surface area (Å²) < 4.78 is 5.56. The zero-order valence-electron chi connectivity index (χ0n) is 10.0. The molecule has 1 aromatic carbocycles. The molecule has 0 radical (unpaired) electrons. The second kappa shape index (κ2) is 6.93. The van der Waals surface area contributed by atoms with Gasteiger partial charge in [-0.25, -0.2) is 0 Å². The third-order valence-corrected chi connectivity index (χ3v) is 2.10. The number of benzene rings is 1. The summed E-state index contributed by atoms with van der Waals surface area (Å²) in [7, 11) is 0. The maximum Gasteiger partial charge on any atom is 0.142 e. The SMILES string of the molecule is C=C(C)COc1ccccc1NCC(O)CO. The van der Waals surface area contributed by atoms with Gasteiger partial charge in [-0.1, -0.05) is 18.7 Å². The first-order valence-corrected chi connectivity index (χ1v) is 5.52. The van der Waals surface area contributed by atoms with Crippen molar-refractivity contribution in [3.05, 3.63) is 36.4 Å². The van der Waals surface area contributed by atoms with Crippen LogP contribution in [0.25, 0.3) is 0 Å². The fourth-order valence-electron chi connectivity index (χ4n) is 1.23. The van der Waals surface area contributed by atoms with Gasteiger partial charge in [0, 0.05) is 6.54 Å². The highest BCUT2D eigenvalue weighted by molar-refractivity contribution is 5.56. The zero-order valence-corrected chi connectivity index (χ0v) is 10.0. The fourth-order valence-corrected chi connectivity index (χ4v) is 1.23. The normalized spacial score (nSPS) is 11.9. The largest absolute Gasteiger partial charge is 0.487 e. The number of ether oxygens (including phenoxy) is 1. The lowest BCUT2D eigenvalue weighted by molar-refractivity contribution is 0.105. The number of hydrogen-bond donors (Lipinski definition) is 3. The smallest absolute Gasteiger partial charge is 0.142 e. The summed E-state index contributed by atoms with van der Waals surface area (Å²) >= 11 is 0. The van der Waals surface area contributed by atoms with Gasteiger partial charge in [-0.15, -0.1) is 0 Å². The Bertz CT molecular complexity index is 365. The van der Waals surface area contributed by atoms with E-state index in [2.05, 4.69) is 11.9 Å². The molecule has 0 aromatic heterocycles. The summed E-state index contributed by atoms with van der Waals surface area (Å²) in [4.78, 5) is 0. The minimum Gasteiger partial charge on any atom is -0.487 e. The first kappa shape index (κ1) is 13.5. The van der Waals surface area contributed by atoms with E-state index in [0.717, 1.165) is 11.3 Å². The third kappa shape index (κ3) is 4.89. The van der Waals surface area contributed by atoms with Gasteiger partial charge in [0.1, 0.15) is 12.4 Å². The minimum absolute atomic E-state index is 0.262. The van der Waals surface area contributed by atoms with Crippen LogP contribution in [0.3, 0.4) is 0 Å². The molecule has 0 saturated heterocycles. The minimum atomic E-state index is -0.774. The van der Waals surface area contributed by atoms with Crippen LogP contribution < -0.4 is 10.1 Å². The van der Waals surface area contributed by atoms with Crippen LogP contribution in [0, 0.1) is 0 Å². The zero-order chi connectivity index (χ0) is 12.7. The van der Waals surface area contributed by atoms with E-state index in [0.29, 0.717) is 12.4 Å². The molecule has 0 bridgehead atoms. The number of anilines is 1. The van der Waals surface area contributed by atoms with E-state index in [-0.39, 0.29) is 13.2 Å². The predicted molar refractivity (Wildman–Crippen MR) is 68.3 cm³/mol. The van der Waals surface area contributed by atoms with Gasteiger partial charge in [0.2, 0.25) is 0 Å². The second-order valence-electron chi connectivity index (χ2n) is 3.96. The number of para-hydroxylation sites is 2. The Morgan fingerprint density at radius 1 is 1.47 bits per heavy atom. The molecule has 1 rings (SSSR count). The molecule has 94 valence electrons. The van der Waals surface area contributed by atoms with Gasteiger partial charge in [-0.2, -0.15) is 0 Å². The Labute approximate surface area is 102 Å². The number of nitrogens with one attached hydrogen (secondary N) is 1. The molecule has 0 aliphatic rings. The van der Waals surface area contributed by atoms with Crippen molar-refractivity contribution in [2.24, 2.45) is 0 Å². The lowest BCUT2D eigenvalue weighted by atomic mass is 10.2. The van der Waals surface area contributed by atoms with E-state index in [9.17, 15) is 5.11 Å². The van der Waals surface area contributed by atoms with Crippen LogP contribution in [-0.2, 0) is 0 Å². The Morgan fingerprint density at radius 2 is 2.18 bits per heavy atom. The van der Waals surface area contributed by atoms with E-state index < -0.39 is 6.10 Å². The van der Waals surface area contributed by atoms with Crippen LogP contribution in [0.2, 0.25) is 0 Å². The van der Waals surface area contributed by atoms with E-state index in [1.54, 1.807) is 0 Å². The van der Waals surface area contributed by atoms with E-state index in [1.165, 1.54) is 0 Å². The predicted octanol–water partition coefficient (Wildman–Crippen LogP) is 1.41. The molecule has 3 N–H and O–H groups in total. The monoisotopic (exact) mass is 237 g/mol. The lowest BCUT2D eigenvalue weighted by Crippen LogP contribution is -2.23. The highest BCUT2D eigenvalue weighted by Crippen LogP contribution is 2.23. The summed E-state index contributed by atoms with van der Waals surface area (Å²) in [6.07, 6.45) is -0.774. The van der Waals surface area contributed by atoms with Gasteiger partial charge in [-0.3, -0.25) is 0 Å². The number of aliphatic hydroxyl groups is 2. The number of rotatable bonds is 7. The molecule has 0 aliphatic heterocycles. The molecule has 1 aromatic rings. The van der Waals surface area contributed by atoms with Crippen molar-refractivity contribution in [1.82, 2.24) is 0 Å². The molecule has 0 amide bonds. The summed E-state index contributed by atoms with van der Waals surface area (Å²) in [6.45, 7) is 6.14. The maximum atomic E-state index is 9.26. The van der Waals surface area contributed by atoms with Crippen molar-refractivity contribution < 1.29 is 14.9 Å². The Kier molecular flexibility index (Phi) is 5.52. The van der Waals surface area contributed by atoms with Crippen molar-refractivity contribution >= 4 is 5.69 Å². The van der Waals surface area contributed by atoms with Crippen molar-refractivity contribution in [2.45, 2.75) is 13.0 Å². The summed E-state index contributed by atoms with van der Waals surface area (Å²) in [5, 5.41) is 21.0. The molecule has 1 atom stereocenters. The van der Waals surface area contributed by atoms with Crippen LogP contribution >= 0.6 is 0 Å². The molecule has 4 heteroatoms. The Balaban J connectivity index is 2.60. The van der Waals surface area contributed by atoms with Crippen LogP contribution in [0.15, 0.2) is 36.4 Å². The fraction of sp³-hybridized carbons (Fsp3) is 0.385. The van der Waals surface area contributed by atoms with Gasteiger partial charge >= 0.3 is 0 Å². The number of aliphatic hydroxyl groups excluding tert-OH is 2. The van der Waals surface area contributed by atoms with Gasteiger partial charge in [-0.05, 0) is 24.6 Å². The molecular formula is C13H19NO3. The van der Waals surface area contributed by atoms with Crippen molar-refractivity contribution in [3.63, 3.8) is 0 Å². The molecule has 17 heavy (non-hydrogen) atoms. The molecule has 0 aliphatic carbocycles. The highest BCUT2D eigenvalue weighted by Gasteiger charge is 2.05. The molecule has 0 saturated carbocycles. The molecule has 4 nitrogen and oxygen atoms in total. The average Bonchev–Trinajstić information content (AvgIpc) is 2.34. The summed E-state index contributed by atoms with van der Waals surface area (Å²) in [5.74, 6) is 0.709. The molecule has 0 fully saturated rings. The van der Waals surface area contributed by atoms with Crippen LogP contribution in [0.5, 0.6) is 5.75 Å². The first-order valence-electron chi connectivity index (χ1n) is 5.52. The third-order valence-electron chi connectivity index (χ3n) is 2.10. The highest BCUT2D eigenvalue weighted by atomic mass is 16.5. The second-order valence-corrected chi connectivity index (χ2v) is 3.96. The first-order chi connectivity index (χ1) is 8.13. The summed E-state index contributed by atoms with van der Waals surface area (Å²) in [6, 6.07) is 7.46. The van der Waals surface area contributed by atoms with Gasteiger partial charge in [0.15, 0.2) is 0 Å². The van der Waals surface area contributed by atoms with Gasteiger partial charge < -0.3 is 20.3 Å². The van der Waals surface area contributed by atoms with Crippen LogP contribution in [-0.4, -0.2) is 36.1 Å². The van der Waals surface area contributed by atoms with Crippen LogP contribution in [0.4, 0.5) is 5.69 Å².